The molecule has 4 nitrogen and oxygen atoms in total. The summed E-state index contributed by atoms with van der Waals surface area (Å²) >= 11 is 0. The molecule has 0 radical (unpaired) electrons. The van der Waals surface area contributed by atoms with Crippen molar-refractivity contribution in [2.45, 2.75) is 58.4 Å². The molecule has 1 heterocycles. The first-order valence-corrected chi connectivity index (χ1v) is 8.75. The Morgan fingerprint density at radius 1 is 1.26 bits per heavy atom. The van der Waals surface area contributed by atoms with Crippen molar-refractivity contribution in [3.05, 3.63) is 29.8 Å². The van der Waals surface area contributed by atoms with Gasteiger partial charge in [0, 0.05) is 25.2 Å². The lowest BCUT2D eigenvalue weighted by atomic mass is 9.89. The van der Waals surface area contributed by atoms with E-state index in [4.69, 9.17) is 4.74 Å². The zero-order chi connectivity index (χ0) is 17.0. The molecule has 0 amide bonds. The van der Waals surface area contributed by atoms with Crippen LogP contribution in [-0.2, 0) is 0 Å². The highest BCUT2D eigenvalue weighted by Gasteiger charge is 2.28. The van der Waals surface area contributed by atoms with Crippen LogP contribution in [0.4, 0.5) is 0 Å². The fourth-order valence-corrected chi connectivity index (χ4v) is 3.25. The predicted octanol–water partition coefficient (Wildman–Crippen LogP) is 2.83. The molecule has 1 aliphatic heterocycles. The molecule has 0 saturated carbocycles. The first kappa shape index (κ1) is 18.2. The van der Waals surface area contributed by atoms with Crippen LogP contribution in [0.15, 0.2) is 24.3 Å². The van der Waals surface area contributed by atoms with Crippen molar-refractivity contribution in [2.75, 3.05) is 20.1 Å². The van der Waals surface area contributed by atoms with E-state index in [2.05, 4.69) is 31.1 Å². The largest absolute Gasteiger partial charge is 0.491 e. The highest BCUT2D eigenvalue weighted by Crippen LogP contribution is 2.22. The van der Waals surface area contributed by atoms with E-state index in [0.717, 1.165) is 24.3 Å². The van der Waals surface area contributed by atoms with Gasteiger partial charge in [-0.1, -0.05) is 19.1 Å². The Labute approximate surface area is 140 Å². The maximum absolute atomic E-state index is 10.4. The van der Waals surface area contributed by atoms with E-state index in [9.17, 15) is 5.11 Å². The summed E-state index contributed by atoms with van der Waals surface area (Å²) in [5, 5.41) is 14.0. The Bertz CT molecular complexity index is 475. The smallest absolute Gasteiger partial charge is 0.119 e. The number of rotatable bonds is 6. The lowest BCUT2D eigenvalue weighted by Crippen LogP contribution is -2.51. The summed E-state index contributed by atoms with van der Waals surface area (Å²) in [5.41, 5.74) is 0.933. The van der Waals surface area contributed by atoms with Crippen molar-refractivity contribution in [3.8, 4) is 5.75 Å². The quantitative estimate of drug-likeness (QED) is 0.846. The number of aliphatic hydroxyl groups excluding tert-OH is 1. The molecule has 4 atom stereocenters. The molecule has 0 aromatic heterocycles. The van der Waals surface area contributed by atoms with Crippen molar-refractivity contribution in [3.63, 3.8) is 0 Å². The van der Waals surface area contributed by atoms with Crippen LogP contribution in [-0.4, -0.2) is 48.3 Å². The minimum Gasteiger partial charge on any atom is -0.491 e. The Balaban J connectivity index is 1.85. The summed E-state index contributed by atoms with van der Waals surface area (Å²) in [6.07, 6.45) is 0.816. The number of aliphatic hydroxyl groups is 1. The van der Waals surface area contributed by atoms with Gasteiger partial charge in [-0.3, -0.25) is 0 Å². The molecule has 130 valence electrons. The minimum atomic E-state index is -0.481. The fraction of sp³-hybridized carbons (Fsp3) is 0.684. The third-order valence-corrected chi connectivity index (χ3v) is 4.82. The van der Waals surface area contributed by atoms with Crippen LogP contribution in [0.2, 0.25) is 0 Å². The predicted molar refractivity (Wildman–Crippen MR) is 94.8 cm³/mol. The summed E-state index contributed by atoms with van der Waals surface area (Å²) in [6.45, 7) is 10.3. The van der Waals surface area contributed by atoms with Crippen LogP contribution in [0.25, 0.3) is 0 Å². The highest BCUT2D eigenvalue weighted by atomic mass is 16.5. The van der Waals surface area contributed by atoms with Gasteiger partial charge in [-0.05, 0) is 57.9 Å². The second-order valence-corrected chi connectivity index (χ2v) is 7.27. The van der Waals surface area contributed by atoms with Gasteiger partial charge in [0.1, 0.15) is 5.75 Å². The van der Waals surface area contributed by atoms with E-state index < -0.39 is 6.10 Å². The average molecular weight is 320 g/mol. The number of hydrogen-bond donors (Lipinski definition) is 2. The molecule has 1 saturated heterocycles. The monoisotopic (exact) mass is 320 g/mol. The van der Waals surface area contributed by atoms with Gasteiger partial charge in [0.2, 0.25) is 0 Å². The summed E-state index contributed by atoms with van der Waals surface area (Å²) in [6, 6.07) is 8.82. The number of benzene rings is 1. The standard InChI is InChI=1S/C19H32N2O2/c1-13(2)23-17-8-6-16(7-9-17)19(22)11-20-18-10-15(4)21(5)12-14(18)3/h6-9,13-15,18-20,22H,10-12H2,1-5H3. The van der Waals surface area contributed by atoms with Crippen molar-refractivity contribution in [1.29, 1.82) is 0 Å². The lowest BCUT2D eigenvalue weighted by Gasteiger charge is -2.40. The van der Waals surface area contributed by atoms with Crippen molar-refractivity contribution in [2.24, 2.45) is 5.92 Å². The van der Waals surface area contributed by atoms with Crippen molar-refractivity contribution >= 4 is 0 Å². The Morgan fingerprint density at radius 3 is 2.52 bits per heavy atom. The molecule has 0 bridgehead atoms. The molecule has 2 rings (SSSR count). The Morgan fingerprint density at radius 2 is 1.91 bits per heavy atom. The van der Waals surface area contributed by atoms with E-state index in [1.165, 1.54) is 0 Å². The van der Waals surface area contributed by atoms with Crippen LogP contribution < -0.4 is 10.1 Å². The van der Waals surface area contributed by atoms with E-state index in [1.807, 2.05) is 38.1 Å². The molecule has 4 unspecified atom stereocenters. The topological polar surface area (TPSA) is 44.7 Å². The maximum Gasteiger partial charge on any atom is 0.119 e. The van der Waals surface area contributed by atoms with Gasteiger partial charge in [-0.25, -0.2) is 0 Å². The maximum atomic E-state index is 10.4. The average Bonchev–Trinajstić information content (AvgIpc) is 2.49. The molecular formula is C19H32N2O2. The summed E-state index contributed by atoms with van der Waals surface area (Å²) < 4.78 is 5.64. The van der Waals surface area contributed by atoms with Crippen molar-refractivity contribution in [1.82, 2.24) is 10.2 Å². The van der Waals surface area contributed by atoms with Crippen LogP contribution >= 0.6 is 0 Å². The van der Waals surface area contributed by atoms with Crippen LogP contribution in [0.1, 0.15) is 45.8 Å². The number of nitrogens with one attached hydrogen (secondary N) is 1. The van der Waals surface area contributed by atoms with Gasteiger partial charge >= 0.3 is 0 Å². The molecular weight excluding hydrogens is 288 g/mol. The second-order valence-electron chi connectivity index (χ2n) is 7.27. The third kappa shape index (κ3) is 5.20. The van der Waals surface area contributed by atoms with Crippen molar-refractivity contribution < 1.29 is 9.84 Å². The van der Waals surface area contributed by atoms with Gasteiger partial charge in [-0.2, -0.15) is 0 Å². The fourth-order valence-electron chi connectivity index (χ4n) is 3.25. The zero-order valence-corrected chi connectivity index (χ0v) is 15.1. The van der Waals surface area contributed by atoms with Gasteiger partial charge in [0.25, 0.3) is 0 Å². The summed E-state index contributed by atoms with van der Waals surface area (Å²) in [5.74, 6) is 1.45. The number of ether oxygens (including phenoxy) is 1. The normalized spacial score (nSPS) is 27.2. The molecule has 23 heavy (non-hydrogen) atoms. The summed E-state index contributed by atoms with van der Waals surface area (Å²) in [7, 11) is 2.19. The first-order valence-electron chi connectivity index (χ1n) is 8.75. The Hall–Kier alpha value is -1.10. The number of piperidine rings is 1. The van der Waals surface area contributed by atoms with E-state index in [0.29, 0.717) is 24.5 Å². The number of hydrogen-bond acceptors (Lipinski definition) is 4. The Kier molecular flexibility index (Phi) is 6.45. The van der Waals surface area contributed by atoms with Gasteiger partial charge in [-0.15, -0.1) is 0 Å². The summed E-state index contributed by atoms with van der Waals surface area (Å²) in [4.78, 5) is 2.41. The molecule has 1 aromatic carbocycles. The molecule has 0 spiro atoms. The van der Waals surface area contributed by atoms with E-state index in [-0.39, 0.29) is 6.10 Å². The van der Waals surface area contributed by atoms with Crippen LogP contribution in [0.5, 0.6) is 5.75 Å². The number of likely N-dealkylation sites (tertiary alicyclic amines) is 1. The molecule has 4 heteroatoms. The minimum absolute atomic E-state index is 0.167. The zero-order valence-electron chi connectivity index (χ0n) is 15.1. The SMILES string of the molecule is CC(C)Oc1ccc(C(O)CNC2CC(C)N(C)CC2C)cc1. The second kappa shape index (κ2) is 8.13. The highest BCUT2D eigenvalue weighted by molar-refractivity contribution is 5.28. The molecule has 2 N–H and O–H groups in total. The van der Waals surface area contributed by atoms with Crippen LogP contribution in [0, 0.1) is 5.92 Å². The van der Waals surface area contributed by atoms with Gasteiger partial charge < -0.3 is 20.1 Å². The lowest BCUT2D eigenvalue weighted by molar-refractivity contribution is 0.105. The first-order chi connectivity index (χ1) is 10.9. The van der Waals surface area contributed by atoms with Gasteiger partial charge in [0.15, 0.2) is 0 Å². The van der Waals surface area contributed by atoms with Crippen LogP contribution in [0.3, 0.4) is 0 Å². The molecule has 1 aliphatic rings. The molecule has 0 aliphatic carbocycles. The van der Waals surface area contributed by atoms with Gasteiger partial charge in [0.05, 0.1) is 12.2 Å². The molecule has 1 fully saturated rings. The number of nitrogens with zero attached hydrogens (tertiary/aromatic N) is 1. The van der Waals surface area contributed by atoms with E-state index >= 15 is 0 Å². The molecule has 1 aromatic rings. The van der Waals surface area contributed by atoms with E-state index in [1.54, 1.807) is 0 Å². The third-order valence-electron chi connectivity index (χ3n) is 4.82.